The van der Waals surface area contributed by atoms with Gasteiger partial charge in [-0.15, -0.1) is 0 Å². The van der Waals surface area contributed by atoms with E-state index in [9.17, 15) is 9.59 Å². The zero-order valence-electron chi connectivity index (χ0n) is 13.4. The molecule has 0 saturated heterocycles. The SMILES string of the molecule is O=C(CCSc1c(=O)o[nH][n+]1-c1ccccc1)Nc1cc(Cl)ccc1Cl. The number of benzene rings is 2. The van der Waals surface area contributed by atoms with Crippen LogP contribution in [0.3, 0.4) is 0 Å². The van der Waals surface area contributed by atoms with Crippen LogP contribution in [0, 0.1) is 0 Å². The van der Waals surface area contributed by atoms with Crippen molar-refractivity contribution in [2.75, 3.05) is 11.1 Å². The molecular formula is C17H14Cl2N3O3S+. The van der Waals surface area contributed by atoms with Crippen LogP contribution in [-0.2, 0) is 4.79 Å². The van der Waals surface area contributed by atoms with Crippen molar-refractivity contribution in [3.8, 4) is 5.69 Å². The third kappa shape index (κ3) is 4.49. The molecule has 9 heteroatoms. The summed E-state index contributed by atoms with van der Waals surface area (Å²) in [5.41, 5.74) is 0.725. The normalized spacial score (nSPS) is 10.7. The van der Waals surface area contributed by atoms with Crippen molar-refractivity contribution in [1.82, 2.24) is 5.27 Å². The van der Waals surface area contributed by atoms with Gasteiger partial charge in [-0.3, -0.25) is 9.32 Å². The Morgan fingerprint density at radius 3 is 2.73 bits per heavy atom. The van der Waals surface area contributed by atoms with E-state index in [2.05, 4.69) is 10.6 Å². The molecule has 1 heterocycles. The number of carbonyl (C=O) groups excluding carboxylic acids is 1. The summed E-state index contributed by atoms with van der Waals surface area (Å²) in [6.07, 6.45) is 0.187. The first-order valence-electron chi connectivity index (χ1n) is 7.61. The van der Waals surface area contributed by atoms with Crippen molar-refractivity contribution in [3.05, 3.63) is 69.0 Å². The fourth-order valence-corrected chi connectivity index (χ4v) is 3.43. The number of aromatic nitrogens is 2. The van der Waals surface area contributed by atoms with Crippen molar-refractivity contribution in [2.24, 2.45) is 0 Å². The van der Waals surface area contributed by atoms with Crippen LogP contribution in [0.1, 0.15) is 6.42 Å². The van der Waals surface area contributed by atoms with E-state index >= 15 is 0 Å². The predicted molar refractivity (Wildman–Crippen MR) is 101 cm³/mol. The molecule has 26 heavy (non-hydrogen) atoms. The Bertz CT molecular complexity index is 973. The molecule has 0 aliphatic carbocycles. The molecule has 2 N–H and O–H groups in total. The second kappa shape index (κ2) is 8.44. The van der Waals surface area contributed by atoms with Crippen LogP contribution in [0.25, 0.3) is 5.69 Å². The molecule has 0 saturated carbocycles. The van der Waals surface area contributed by atoms with Gasteiger partial charge in [0.25, 0.3) is 0 Å². The summed E-state index contributed by atoms with van der Waals surface area (Å²) in [4.78, 5) is 24.0. The molecule has 2 aromatic carbocycles. The minimum absolute atomic E-state index is 0.187. The number of nitrogens with one attached hydrogen (secondary N) is 2. The highest BCUT2D eigenvalue weighted by Crippen LogP contribution is 2.25. The number of anilines is 1. The monoisotopic (exact) mass is 410 g/mol. The zero-order chi connectivity index (χ0) is 18.5. The molecule has 0 aliphatic heterocycles. The van der Waals surface area contributed by atoms with E-state index in [0.29, 0.717) is 26.5 Å². The van der Waals surface area contributed by atoms with Gasteiger partial charge < -0.3 is 5.32 Å². The van der Waals surface area contributed by atoms with Crippen molar-refractivity contribution < 1.29 is 14.0 Å². The lowest BCUT2D eigenvalue weighted by atomic mass is 10.3. The van der Waals surface area contributed by atoms with Gasteiger partial charge in [-0.1, -0.05) is 41.4 Å². The van der Waals surface area contributed by atoms with Crippen LogP contribution in [-0.4, -0.2) is 16.9 Å². The third-order valence-electron chi connectivity index (χ3n) is 3.39. The van der Waals surface area contributed by atoms with Crippen molar-refractivity contribution in [1.29, 1.82) is 0 Å². The Balaban J connectivity index is 1.62. The van der Waals surface area contributed by atoms with Gasteiger partial charge in [0, 0.05) is 29.3 Å². The van der Waals surface area contributed by atoms with Crippen LogP contribution in [0.4, 0.5) is 5.69 Å². The average Bonchev–Trinajstić information content (AvgIpc) is 3.00. The summed E-state index contributed by atoms with van der Waals surface area (Å²) in [6.45, 7) is 0. The van der Waals surface area contributed by atoms with Crippen LogP contribution < -0.4 is 15.6 Å². The molecule has 1 amide bonds. The lowest BCUT2D eigenvalue weighted by molar-refractivity contribution is -0.704. The molecule has 134 valence electrons. The predicted octanol–water partition coefficient (Wildman–Crippen LogP) is 3.67. The molecular weight excluding hydrogens is 397 g/mol. The van der Waals surface area contributed by atoms with E-state index in [1.54, 1.807) is 22.9 Å². The van der Waals surface area contributed by atoms with Crippen molar-refractivity contribution in [2.45, 2.75) is 11.4 Å². The number of halogens is 2. The first kappa shape index (κ1) is 18.6. The number of rotatable bonds is 6. The van der Waals surface area contributed by atoms with Crippen LogP contribution in [0.15, 0.2) is 62.9 Å². The van der Waals surface area contributed by atoms with E-state index in [1.165, 1.54) is 11.8 Å². The minimum Gasteiger partial charge on any atom is -0.325 e. The molecule has 0 atom stereocenters. The highest BCUT2D eigenvalue weighted by atomic mass is 35.5. The van der Waals surface area contributed by atoms with E-state index < -0.39 is 5.63 Å². The second-order valence-electron chi connectivity index (χ2n) is 5.23. The van der Waals surface area contributed by atoms with Gasteiger partial charge >= 0.3 is 10.7 Å². The number of H-pyrrole nitrogens is 1. The second-order valence-corrected chi connectivity index (χ2v) is 7.15. The minimum atomic E-state index is -0.489. The van der Waals surface area contributed by atoms with Gasteiger partial charge in [-0.2, -0.15) is 0 Å². The third-order valence-corrected chi connectivity index (χ3v) is 4.99. The maximum absolute atomic E-state index is 12.1. The largest absolute Gasteiger partial charge is 0.442 e. The summed E-state index contributed by atoms with van der Waals surface area (Å²) >= 11 is 13.2. The molecule has 0 aliphatic rings. The van der Waals surface area contributed by atoms with E-state index in [1.807, 2.05) is 30.3 Å². The first-order chi connectivity index (χ1) is 12.5. The van der Waals surface area contributed by atoms with Crippen LogP contribution in [0.5, 0.6) is 0 Å². The van der Waals surface area contributed by atoms with Gasteiger partial charge in [-0.25, -0.2) is 4.79 Å². The molecule has 0 bridgehead atoms. The smallest absolute Gasteiger partial charge is 0.325 e. The number of nitrogens with zero attached hydrogens (tertiary/aromatic N) is 1. The molecule has 0 radical (unpaired) electrons. The number of hydrogen-bond donors (Lipinski definition) is 2. The molecule has 3 aromatic rings. The molecule has 0 fully saturated rings. The van der Waals surface area contributed by atoms with Gasteiger partial charge in [-0.05, 0) is 39.9 Å². The Labute approximate surface area is 163 Å². The molecule has 0 spiro atoms. The Hall–Kier alpha value is -2.22. The highest BCUT2D eigenvalue weighted by molar-refractivity contribution is 7.99. The van der Waals surface area contributed by atoms with Crippen LogP contribution in [0.2, 0.25) is 10.0 Å². The maximum atomic E-state index is 12.1. The first-order valence-corrected chi connectivity index (χ1v) is 9.35. The zero-order valence-corrected chi connectivity index (χ0v) is 15.7. The number of para-hydroxylation sites is 1. The summed E-state index contributed by atoms with van der Waals surface area (Å²) < 4.78 is 6.40. The van der Waals surface area contributed by atoms with Gasteiger partial charge in [0.15, 0.2) is 0 Å². The number of thioether (sulfide) groups is 1. The standard InChI is InChI=1S/C17H13Cl2N3O3S/c18-11-6-7-13(19)14(10-11)20-15(23)8-9-26-16-17(24)25-21-22(16)12-4-2-1-3-5-12/h1-7,10H,8-9H2,(H-,20,21,23,24)/p+1. The summed E-state index contributed by atoms with van der Waals surface area (Å²) in [7, 11) is 0. The molecule has 1 aromatic heterocycles. The number of hydrogen-bond acceptors (Lipinski definition) is 4. The number of carbonyl (C=O) groups is 1. The van der Waals surface area contributed by atoms with E-state index in [-0.39, 0.29) is 12.3 Å². The van der Waals surface area contributed by atoms with Crippen molar-refractivity contribution >= 4 is 46.6 Å². The Kier molecular flexibility index (Phi) is 6.03. The lowest BCUT2D eigenvalue weighted by Crippen LogP contribution is -2.36. The quantitative estimate of drug-likeness (QED) is 0.479. The lowest BCUT2D eigenvalue weighted by Gasteiger charge is -2.06. The van der Waals surface area contributed by atoms with E-state index in [4.69, 9.17) is 27.7 Å². The van der Waals surface area contributed by atoms with Crippen molar-refractivity contribution in [3.63, 3.8) is 0 Å². The Morgan fingerprint density at radius 2 is 1.96 bits per heavy atom. The highest BCUT2D eigenvalue weighted by Gasteiger charge is 2.23. The molecule has 3 rings (SSSR count). The summed E-state index contributed by atoms with van der Waals surface area (Å²) in [5.74, 6) is 0.160. The Morgan fingerprint density at radius 1 is 1.19 bits per heavy atom. The molecule has 0 unspecified atom stereocenters. The number of amides is 1. The summed E-state index contributed by atoms with van der Waals surface area (Å²) in [6, 6.07) is 14.1. The average molecular weight is 411 g/mol. The van der Waals surface area contributed by atoms with Crippen LogP contribution >= 0.6 is 35.0 Å². The van der Waals surface area contributed by atoms with Gasteiger partial charge in [0.2, 0.25) is 11.6 Å². The number of aromatic amines is 1. The van der Waals surface area contributed by atoms with Gasteiger partial charge in [0.05, 0.1) is 10.7 Å². The fraction of sp³-hybridized carbons (Fsp3) is 0.118. The maximum Gasteiger partial charge on any atom is 0.442 e. The topological polar surface area (TPSA) is 79.0 Å². The van der Waals surface area contributed by atoms with E-state index in [0.717, 1.165) is 5.69 Å². The fourth-order valence-electron chi connectivity index (χ4n) is 2.18. The van der Waals surface area contributed by atoms with Gasteiger partial charge in [0.1, 0.15) is 0 Å². The summed E-state index contributed by atoms with van der Waals surface area (Å²) in [5, 5.41) is 6.52. The molecule has 6 nitrogen and oxygen atoms in total.